The van der Waals surface area contributed by atoms with Gasteiger partial charge in [-0.25, -0.2) is 0 Å². The van der Waals surface area contributed by atoms with E-state index in [-0.39, 0.29) is 11.9 Å². The molecule has 0 fully saturated rings. The summed E-state index contributed by atoms with van der Waals surface area (Å²) in [6, 6.07) is 5.45. The van der Waals surface area contributed by atoms with Crippen LogP contribution in [-0.2, 0) is 5.75 Å². The summed E-state index contributed by atoms with van der Waals surface area (Å²) >= 11 is 1.51. The molecule has 1 aromatic heterocycles. The Morgan fingerprint density at radius 1 is 1.11 bits per heavy atom. The first-order valence-corrected chi connectivity index (χ1v) is 6.39. The highest BCUT2D eigenvalue weighted by Crippen LogP contribution is 2.32. The highest BCUT2D eigenvalue weighted by molar-refractivity contribution is 7.98. The highest BCUT2D eigenvalue weighted by atomic mass is 32.2. The van der Waals surface area contributed by atoms with Gasteiger partial charge in [-0.3, -0.25) is 0 Å². The predicted molar refractivity (Wildman–Crippen MR) is 75.6 cm³/mol. The lowest BCUT2D eigenvalue weighted by atomic mass is 10.3. The molecule has 0 saturated heterocycles. The smallest absolute Gasteiger partial charge is 0.225 e. The lowest BCUT2D eigenvalue weighted by Crippen LogP contribution is -2.06. The molecule has 0 aliphatic carbocycles. The number of nitrogens with two attached hydrogens (primary N) is 3. The number of hydrogen-bond donors (Lipinski definition) is 3. The van der Waals surface area contributed by atoms with E-state index in [1.54, 1.807) is 19.2 Å². The number of ether oxygens (including phenoxy) is 1. The zero-order valence-electron chi connectivity index (χ0n) is 10.3. The maximum absolute atomic E-state index is 5.69. The summed E-state index contributed by atoms with van der Waals surface area (Å²) in [5.74, 6) is 1.98. The number of rotatable bonds is 4. The van der Waals surface area contributed by atoms with E-state index in [1.165, 1.54) is 11.8 Å². The summed E-state index contributed by atoms with van der Waals surface area (Å²) in [5, 5.41) is 0. The number of anilines is 3. The predicted octanol–water partition coefficient (Wildman–Crippen LogP) is 0.919. The Labute approximate surface area is 114 Å². The first-order chi connectivity index (χ1) is 9.08. The average molecular weight is 278 g/mol. The molecule has 7 nitrogen and oxygen atoms in total. The van der Waals surface area contributed by atoms with Crippen LogP contribution in [0.3, 0.4) is 0 Å². The second-order valence-electron chi connectivity index (χ2n) is 3.67. The van der Waals surface area contributed by atoms with E-state index in [0.717, 1.165) is 4.90 Å². The van der Waals surface area contributed by atoms with Gasteiger partial charge in [0.2, 0.25) is 11.9 Å². The molecule has 2 rings (SSSR count). The molecule has 6 N–H and O–H groups in total. The van der Waals surface area contributed by atoms with Gasteiger partial charge in [0.25, 0.3) is 0 Å². The van der Waals surface area contributed by atoms with Crippen molar-refractivity contribution < 1.29 is 4.74 Å². The van der Waals surface area contributed by atoms with Crippen molar-refractivity contribution in [1.29, 1.82) is 0 Å². The van der Waals surface area contributed by atoms with Gasteiger partial charge in [-0.05, 0) is 12.1 Å². The fraction of sp³-hybridized carbons (Fsp3) is 0.182. The minimum atomic E-state index is 0.118. The van der Waals surface area contributed by atoms with Gasteiger partial charge in [-0.1, -0.05) is 0 Å². The first-order valence-electron chi connectivity index (χ1n) is 5.40. The molecule has 0 saturated carbocycles. The summed E-state index contributed by atoms with van der Waals surface area (Å²) in [7, 11) is 1.59. The van der Waals surface area contributed by atoms with Crippen molar-refractivity contribution in [1.82, 2.24) is 15.0 Å². The summed E-state index contributed by atoms with van der Waals surface area (Å²) in [6.07, 6.45) is 0. The van der Waals surface area contributed by atoms with Gasteiger partial charge in [0.1, 0.15) is 11.6 Å². The summed E-state index contributed by atoms with van der Waals surface area (Å²) < 4.78 is 5.26. The van der Waals surface area contributed by atoms with Crippen molar-refractivity contribution in [3.8, 4) is 5.75 Å². The van der Waals surface area contributed by atoms with E-state index in [1.807, 2.05) is 6.07 Å². The number of benzene rings is 1. The van der Waals surface area contributed by atoms with Crippen LogP contribution in [0.5, 0.6) is 5.75 Å². The average Bonchev–Trinajstić information content (AvgIpc) is 2.36. The third kappa shape index (κ3) is 3.38. The molecule has 1 heterocycles. The Morgan fingerprint density at radius 2 is 1.79 bits per heavy atom. The van der Waals surface area contributed by atoms with E-state index in [0.29, 0.717) is 23.0 Å². The van der Waals surface area contributed by atoms with Gasteiger partial charge >= 0.3 is 0 Å². The molecular weight excluding hydrogens is 264 g/mol. The maximum Gasteiger partial charge on any atom is 0.225 e. The van der Waals surface area contributed by atoms with Crippen LogP contribution >= 0.6 is 11.8 Å². The van der Waals surface area contributed by atoms with Crippen molar-refractivity contribution in [2.45, 2.75) is 10.6 Å². The third-order valence-electron chi connectivity index (χ3n) is 2.26. The van der Waals surface area contributed by atoms with E-state index < -0.39 is 0 Å². The van der Waals surface area contributed by atoms with Crippen LogP contribution in [0.2, 0.25) is 0 Å². The Morgan fingerprint density at radius 3 is 2.42 bits per heavy atom. The van der Waals surface area contributed by atoms with Crippen LogP contribution in [0.25, 0.3) is 0 Å². The molecule has 8 heteroatoms. The molecule has 0 amide bonds. The lowest BCUT2D eigenvalue weighted by Gasteiger charge is -2.08. The summed E-state index contributed by atoms with van der Waals surface area (Å²) in [4.78, 5) is 12.7. The minimum Gasteiger partial charge on any atom is -0.496 e. The topological polar surface area (TPSA) is 126 Å². The van der Waals surface area contributed by atoms with E-state index >= 15 is 0 Å². The third-order valence-corrected chi connectivity index (χ3v) is 3.31. The van der Waals surface area contributed by atoms with Crippen LogP contribution in [0.15, 0.2) is 23.1 Å². The normalized spacial score (nSPS) is 10.4. The Kier molecular flexibility index (Phi) is 3.91. The van der Waals surface area contributed by atoms with Gasteiger partial charge in [0, 0.05) is 16.6 Å². The van der Waals surface area contributed by atoms with Crippen molar-refractivity contribution in [2.24, 2.45) is 0 Å². The lowest BCUT2D eigenvalue weighted by molar-refractivity contribution is 0.405. The number of methoxy groups -OCH3 is 1. The van der Waals surface area contributed by atoms with Crippen LogP contribution in [0.4, 0.5) is 17.6 Å². The second kappa shape index (κ2) is 5.61. The fourth-order valence-electron chi connectivity index (χ4n) is 1.47. The minimum absolute atomic E-state index is 0.118. The second-order valence-corrected chi connectivity index (χ2v) is 4.68. The van der Waals surface area contributed by atoms with Gasteiger partial charge in [0.05, 0.1) is 12.9 Å². The van der Waals surface area contributed by atoms with Crippen LogP contribution in [0.1, 0.15) is 5.82 Å². The van der Waals surface area contributed by atoms with E-state index in [4.69, 9.17) is 21.9 Å². The quantitative estimate of drug-likeness (QED) is 0.556. The molecule has 0 unspecified atom stereocenters. The molecule has 0 spiro atoms. The Balaban J connectivity index is 2.14. The monoisotopic (exact) mass is 278 g/mol. The van der Waals surface area contributed by atoms with Gasteiger partial charge in [0.15, 0.2) is 0 Å². The molecule has 0 radical (unpaired) electrons. The number of aromatic nitrogens is 3. The first kappa shape index (κ1) is 13.2. The molecule has 100 valence electrons. The Bertz CT molecular complexity index is 571. The SMILES string of the molecule is COc1cc(N)ccc1SCc1nc(N)nc(N)n1. The number of nitrogens with zero attached hydrogens (tertiary/aromatic N) is 3. The van der Waals surface area contributed by atoms with Crippen molar-refractivity contribution >= 4 is 29.3 Å². The largest absolute Gasteiger partial charge is 0.496 e. The zero-order valence-corrected chi connectivity index (χ0v) is 11.1. The molecule has 1 aromatic carbocycles. The van der Waals surface area contributed by atoms with E-state index in [2.05, 4.69) is 15.0 Å². The van der Waals surface area contributed by atoms with Crippen LogP contribution < -0.4 is 21.9 Å². The summed E-state index contributed by atoms with van der Waals surface area (Å²) in [6.45, 7) is 0. The van der Waals surface area contributed by atoms with Gasteiger partial charge in [-0.15, -0.1) is 11.8 Å². The highest BCUT2D eigenvalue weighted by Gasteiger charge is 2.07. The molecule has 0 bridgehead atoms. The molecule has 19 heavy (non-hydrogen) atoms. The fourth-order valence-corrected chi connectivity index (χ4v) is 2.33. The molecular formula is C11H14N6OS. The summed E-state index contributed by atoms with van der Waals surface area (Å²) in [5.41, 5.74) is 17.4. The van der Waals surface area contributed by atoms with Gasteiger partial charge < -0.3 is 21.9 Å². The van der Waals surface area contributed by atoms with Crippen molar-refractivity contribution in [2.75, 3.05) is 24.3 Å². The molecule has 2 aromatic rings. The van der Waals surface area contributed by atoms with E-state index in [9.17, 15) is 0 Å². The van der Waals surface area contributed by atoms with Crippen LogP contribution in [-0.4, -0.2) is 22.1 Å². The standard InChI is InChI=1S/C11H14N6OS/c1-18-7-4-6(12)2-3-8(7)19-5-9-15-10(13)17-11(14)16-9/h2-4H,5,12H2,1H3,(H4,13,14,15,16,17). The van der Waals surface area contributed by atoms with Crippen molar-refractivity contribution in [3.63, 3.8) is 0 Å². The van der Waals surface area contributed by atoms with Crippen LogP contribution in [0, 0.1) is 0 Å². The zero-order chi connectivity index (χ0) is 13.8. The number of hydrogen-bond acceptors (Lipinski definition) is 8. The van der Waals surface area contributed by atoms with Crippen molar-refractivity contribution in [3.05, 3.63) is 24.0 Å². The molecule has 0 aliphatic heterocycles. The number of thioether (sulfide) groups is 1. The molecule has 0 aliphatic rings. The number of nitrogen functional groups attached to an aromatic ring is 3. The van der Waals surface area contributed by atoms with Gasteiger partial charge in [-0.2, -0.15) is 15.0 Å². The molecule has 0 atom stereocenters. The Hall–Kier alpha value is -2.22. The maximum atomic E-state index is 5.69.